The van der Waals surface area contributed by atoms with E-state index in [1.165, 1.54) is 10.4 Å². The second-order valence-electron chi connectivity index (χ2n) is 8.81. The zero-order valence-electron chi connectivity index (χ0n) is 18.6. The van der Waals surface area contributed by atoms with Crippen LogP contribution in [0.1, 0.15) is 31.2 Å². The van der Waals surface area contributed by atoms with Gasteiger partial charge in [0.1, 0.15) is 11.6 Å². The molecule has 2 aromatic rings. The number of benzene rings is 2. The van der Waals surface area contributed by atoms with Crippen molar-refractivity contribution >= 4 is 21.6 Å². The molecule has 1 amide bonds. The van der Waals surface area contributed by atoms with E-state index in [-0.39, 0.29) is 23.2 Å². The maximum atomic E-state index is 13.3. The smallest absolute Gasteiger partial charge is 0.325 e. The zero-order valence-corrected chi connectivity index (χ0v) is 19.4. The van der Waals surface area contributed by atoms with Crippen LogP contribution in [0.5, 0.6) is 0 Å². The third kappa shape index (κ3) is 6.17. The summed E-state index contributed by atoms with van der Waals surface area (Å²) in [5, 5.41) is 2.44. The van der Waals surface area contributed by atoms with Gasteiger partial charge in [0.2, 0.25) is 15.9 Å². The SMILES string of the molecule is O=C(CN1CCC(N(C2CC2)S(=O)(=O)c2cccc(C(F)(F)F)c2)CC1)Nc1cc(F)cc(F)c1. The Morgan fingerprint density at radius 1 is 0.971 bits per heavy atom. The van der Waals surface area contributed by atoms with Crippen LogP contribution in [-0.2, 0) is 21.0 Å². The molecule has 0 atom stereocenters. The maximum absolute atomic E-state index is 13.3. The number of hydrogen-bond donors (Lipinski definition) is 1. The molecule has 2 aliphatic rings. The van der Waals surface area contributed by atoms with Crippen LogP contribution in [0, 0.1) is 11.6 Å². The highest BCUT2D eigenvalue weighted by Gasteiger charge is 2.44. The largest absolute Gasteiger partial charge is 0.416 e. The van der Waals surface area contributed by atoms with Crippen molar-refractivity contribution in [1.29, 1.82) is 0 Å². The molecule has 1 aliphatic carbocycles. The Hall–Kier alpha value is -2.57. The molecular formula is C23H24F5N3O3S. The summed E-state index contributed by atoms with van der Waals surface area (Å²) in [6, 6.07) is 5.80. The second-order valence-corrected chi connectivity index (χ2v) is 10.6. The van der Waals surface area contributed by atoms with Gasteiger partial charge in [0.25, 0.3) is 0 Å². The van der Waals surface area contributed by atoms with Crippen molar-refractivity contribution in [1.82, 2.24) is 9.21 Å². The number of piperidine rings is 1. The molecule has 2 aromatic carbocycles. The number of likely N-dealkylation sites (tertiary alicyclic amines) is 1. The summed E-state index contributed by atoms with van der Waals surface area (Å²) in [7, 11) is -4.15. The first-order valence-corrected chi connectivity index (χ1v) is 12.6. The molecule has 1 heterocycles. The quantitative estimate of drug-likeness (QED) is 0.558. The Morgan fingerprint density at radius 3 is 2.14 bits per heavy atom. The molecule has 1 N–H and O–H groups in total. The predicted molar refractivity (Wildman–Crippen MR) is 118 cm³/mol. The van der Waals surface area contributed by atoms with E-state index >= 15 is 0 Å². The van der Waals surface area contributed by atoms with Crippen LogP contribution >= 0.6 is 0 Å². The van der Waals surface area contributed by atoms with Crippen molar-refractivity contribution in [3.05, 3.63) is 59.7 Å². The van der Waals surface area contributed by atoms with Crippen molar-refractivity contribution in [2.75, 3.05) is 25.0 Å². The van der Waals surface area contributed by atoms with Crippen molar-refractivity contribution in [3.8, 4) is 0 Å². The molecule has 1 saturated heterocycles. The fraction of sp³-hybridized carbons (Fsp3) is 0.435. The van der Waals surface area contributed by atoms with Gasteiger partial charge in [-0.3, -0.25) is 9.69 Å². The summed E-state index contributed by atoms with van der Waals surface area (Å²) in [4.78, 5) is 13.7. The Morgan fingerprint density at radius 2 is 1.57 bits per heavy atom. The Bertz CT molecular complexity index is 1170. The molecule has 6 nitrogen and oxygen atoms in total. The van der Waals surface area contributed by atoms with E-state index in [9.17, 15) is 35.2 Å². The number of anilines is 1. The van der Waals surface area contributed by atoms with Gasteiger partial charge >= 0.3 is 6.18 Å². The van der Waals surface area contributed by atoms with Crippen LogP contribution in [0.4, 0.5) is 27.6 Å². The van der Waals surface area contributed by atoms with Crippen LogP contribution < -0.4 is 5.32 Å². The highest BCUT2D eigenvalue weighted by Crippen LogP contribution is 2.38. The number of nitrogens with zero attached hydrogens (tertiary/aromatic N) is 2. The average molecular weight is 518 g/mol. The number of nitrogens with one attached hydrogen (secondary N) is 1. The van der Waals surface area contributed by atoms with Crippen LogP contribution in [0.15, 0.2) is 47.4 Å². The molecule has 0 aromatic heterocycles. The van der Waals surface area contributed by atoms with Crippen LogP contribution in [0.25, 0.3) is 0 Å². The molecule has 12 heteroatoms. The molecule has 0 bridgehead atoms. The minimum absolute atomic E-state index is 0.00512. The Kier molecular flexibility index (Phi) is 7.16. The first-order chi connectivity index (χ1) is 16.4. The first kappa shape index (κ1) is 25.5. The average Bonchev–Trinajstić information content (AvgIpc) is 3.58. The monoisotopic (exact) mass is 517 g/mol. The minimum atomic E-state index is -4.65. The molecule has 4 rings (SSSR count). The third-order valence-electron chi connectivity index (χ3n) is 6.07. The topological polar surface area (TPSA) is 69.7 Å². The zero-order chi connectivity index (χ0) is 25.4. The number of alkyl halides is 3. The summed E-state index contributed by atoms with van der Waals surface area (Å²) in [6.07, 6.45) is -2.57. The minimum Gasteiger partial charge on any atom is -0.325 e. The highest BCUT2D eigenvalue weighted by atomic mass is 32.2. The fourth-order valence-corrected chi connectivity index (χ4v) is 6.31. The van der Waals surface area contributed by atoms with E-state index in [4.69, 9.17) is 0 Å². The summed E-state index contributed by atoms with van der Waals surface area (Å²) in [5.41, 5.74) is -1.03. The van der Waals surface area contributed by atoms with Gasteiger partial charge in [0, 0.05) is 36.9 Å². The standard InChI is InChI=1S/C23H24F5N3O3S/c24-16-11-17(25)13-18(12-16)29-22(32)14-30-8-6-20(7-9-30)31(19-4-5-19)35(33,34)21-3-1-2-15(10-21)23(26,27)28/h1-3,10-13,19-20H,4-9,14H2,(H,29,32). The fourth-order valence-electron chi connectivity index (χ4n) is 4.34. The van der Waals surface area contributed by atoms with Gasteiger partial charge < -0.3 is 5.32 Å². The van der Waals surface area contributed by atoms with E-state index < -0.39 is 45.3 Å². The predicted octanol–water partition coefficient (Wildman–Crippen LogP) is 4.24. The lowest BCUT2D eigenvalue weighted by atomic mass is 10.0. The lowest BCUT2D eigenvalue weighted by Gasteiger charge is -2.37. The van der Waals surface area contributed by atoms with Crippen LogP contribution in [0.2, 0.25) is 0 Å². The molecule has 190 valence electrons. The lowest BCUT2D eigenvalue weighted by molar-refractivity contribution is -0.137. The normalized spacial score (nSPS) is 18.1. The number of carbonyl (C=O) groups excluding carboxylic acids is 1. The van der Waals surface area contributed by atoms with Crippen molar-refractivity contribution < 1.29 is 35.2 Å². The summed E-state index contributed by atoms with van der Waals surface area (Å²) in [5.74, 6) is -2.10. The van der Waals surface area contributed by atoms with Crippen molar-refractivity contribution in [2.24, 2.45) is 0 Å². The van der Waals surface area contributed by atoms with Gasteiger partial charge in [-0.25, -0.2) is 17.2 Å². The number of carbonyl (C=O) groups is 1. The molecule has 0 radical (unpaired) electrons. The molecule has 1 saturated carbocycles. The summed E-state index contributed by atoms with van der Waals surface area (Å²) < 4.78 is 94.0. The van der Waals surface area contributed by atoms with Crippen molar-refractivity contribution in [3.63, 3.8) is 0 Å². The van der Waals surface area contributed by atoms with Gasteiger partial charge in [-0.05, 0) is 56.0 Å². The van der Waals surface area contributed by atoms with E-state index in [0.29, 0.717) is 50.9 Å². The van der Waals surface area contributed by atoms with Gasteiger partial charge in [0.15, 0.2) is 0 Å². The Balaban J connectivity index is 1.40. The van der Waals surface area contributed by atoms with Crippen LogP contribution in [-0.4, -0.2) is 55.2 Å². The summed E-state index contributed by atoms with van der Waals surface area (Å²) in [6.45, 7) is 0.725. The number of halogens is 5. The van der Waals surface area contributed by atoms with E-state index in [1.807, 2.05) is 0 Å². The Labute approximate surface area is 199 Å². The maximum Gasteiger partial charge on any atom is 0.416 e. The van der Waals surface area contributed by atoms with E-state index in [1.54, 1.807) is 4.90 Å². The van der Waals surface area contributed by atoms with Crippen molar-refractivity contribution in [2.45, 2.75) is 48.8 Å². The number of sulfonamides is 1. The molecule has 1 aliphatic heterocycles. The second kappa shape index (κ2) is 9.82. The molecular weight excluding hydrogens is 493 g/mol. The number of rotatable bonds is 7. The highest BCUT2D eigenvalue weighted by molar-refractivity contribution is 7.89. The van der Waals surface area contributed by atoms with E-state index in [0.717, 1.165) is 24.3 Å². The first-order valence-electron chi connectivity index (χ1n) is 11.1. The number of amides is 1. The summed E-state index contributed by atoms with van der Waals surface area (Å²) >= 11 is 0. The molecule has 35 heavy (non-hydrogen) atoms. The van der Waals surface area contributed by atoms with Crippen LogP contribution in [0.3, 0.4) is 0 Å². The molecule has 2 fully saturated rings. The van der Waals surface area contributed by atoms with E-state index in [2.05, 4.69) is 5.32 Å². The van der Waals surface area contributed by atoms with Gasteiger partial charge in [0.05, 0.1) is 17.0 Å². The molecule has 0 unspecified atom stereocenters. The third-order valence-corrected chi connectivity index (χ3v) is 8.08. The van der Waals surface area contributed by atoms with Gasteiger partial charge in [-0.1, -0.05) is 6.07 Å². The number of hydrogen-bond acceptors (Lipinski definition) is 4. The van der Waals surface area contributed by atoms with Gasteiger partial charge in [-0.15, -0.1) is 0 Å². The lowest BCUT2D eigenvalue weighted by Crippen LogP contribution is -2.49. The molecule has 0 spiro atoms. The van der Waals surface area contributed by atoms with Gasteiger partial charge in [-0.2, -0.15) is 17.5 Å².